The lowest BCUT2D eigenvalue weighted by atomic mass is 10.1. The van der Waals surface area contributed by atoms with Gasteiger partial charge >= 0.3 is 0 Å². The number of benzene rings is 3. The summed E-state index contributed by atoms with van der Waals surface area (Å²) in [7, 11) is 0. The normalized spacial score (nSPS) is 10.9. The molecule has 0 unspecified atom stereocenters. The molecule has 0 aliphatic carbocycles. The highest BCUT2D eigenvalue weighted by atomic mass is 79.9. The third-order valence-corrected chi connectivity index (χ3v) is 5.24. The van der Waals surface area contributed by atoms with Crippen LogP contribution in [0.4, 0.5) is 0 Å². The van der Waals surface area contributed by atoms with Gasteiger partial charge in [-0.05, 0) is 54.1 Å². The molecule has 0 saturated heterocycles. The number of amides is 1. The molecule has 32 heavy (non-hydrogen) atoms. The standard InChI is InChI=1S/C24H18BrClN4O2/c25-18-8-11-23(32-16-24(31)29-27-15-17-6-9-19(26)10-7-17)21(14-18)22-12-13-28-30(22)20-4-2-1-3-5-20/h1-15H,16H2,(H,29,31)/b27-15+. The Labute approximate surface area is 198 Å². The van der Waals surface area contributed by atoms with E-state index in [-0.39, 0.29) is 12.5 Å². The Kier molecular flexibility index (Phi) is 6.99. The zero-order valence-corrected chi connectivity index (χ0v) is 19.1. The number of ether oxygens (including phenoxy) is 1. The van der Waals surface area contributed by atoms with Crippen molar-refractivity contribution in [2.45, 2.75) is 0 Å². The van der Waals surface area contributed by atoms with Crippen molar-refractivity contribution in [3.8, 4) is 22.7 Å². The predicted molar refractivity (Wildman–Crippen MR) is 129 cm³/mol. The second kappa shape index (κ2) is 10.3. The van der Waals surface area contributed by atoms with Crippen LogP contribution in [0.3, 0.4) is 0 Å². The molecule has 3 aromatic carbocycles. The number of hydrogen-bond donors (Lipinski definition) is 1. The molecule has 1 N–H and O–H groups in total. The Hall–Kier alpha value is -3.42. The number of hydrazone groups is 1. The molecule has 1 heterocycles. The minimum Gasteiger partial charge on any atom is -0.483 e. The van der Waals surface area contributed by atoms with Crippen LogP contribution in [0.1, 0.15) is 5.56 Å². The summed E-state index contributed by atoms with van der Waals surface area (Å²) in [5.74, 6) is 0.184. The Morgan fingerprint density at radius 1 is 1.09 bits per heavy atom. The molecule has 6 nitrogen and oxygen atoms in total. The van der Waals surface area contributed by atoms with Gasteiger partial charge in [-0.15, -0.1) is 0 Å². The summed E-state index contributed by atoms with van der Waals surface area (Å²) >= 11 is 9.37. The van der Waals surface area contributed by atoms with Crippen LogP contribution in [-0.4, -0.2) is 28.5 Å². The highest BCUT2D eigenvalue weighted by Crippen LogP contribution is 2.33. The molecule has 4 rings (SSSR count). The van der Waals surface area contributed by atoms with Crippen LogP contribution in [0.2, 0.25) is 5.02 Å². The zero-order chi connectivity index (χ0) is 22.3. The summed E-state index contributed by atoms with van der Waals surface area (Å²) in [5.41, 5.74) is 5.85. The van der Waals surface area contributed by atoms with E-state index in [9.17, 15) is 4.79 Å². The predicted octanol–water partition coefficient (Wildman–Crippen LogP) is 5.48. The monoisotopic (exact) mass is 508 g/mol. The minimum atomic E-state index is -0.374. The lowest BCUT2D eigenvalue weighted by Crippen LogP contribution is -2.24. The molecular formula is C24H18BrClN4O2. The van der Waals surface area contributed by atoms with Gasteiger partial charge in [0.05, 0.1) is 23.8 Å². The molecule has 8 heteroatoms. The van der Waals surface area contributed by atoms with Gasteiger partial charge in [0.15, 0.2) is 6.61 Å². The van der Waals surface area contributed by atoms with Crippen LogP contribution >= 0.6 is 27.5 Å². The molecule has 0 aliphatic rings. The van der Waals surface area contributed by atoms with E-state index in [1.165, 1.54) is 6.21 Å². The maximum atomic E-state index is 12.2. The molecule has 0 saturated carbocycles. The number of para-hydroxylation sites is 1. The fourth-order valence-electron chi connectivity index (χ4n) is 3.01. The fraction of sp³-hybridized carbons (Fsp3) is 0.0417. The number of hydrogen-bond acceptors (Lipinski definition) is 4. The highest BCUT2D eigenvalue weighted by molar-refractivity contribution is 9.10. The topological polar surface area (TPSA) is 68.5 Å². The van der Waals surface area contributed by atoms with Crippen LogP contribution in [-0.2, 0) is 4.79 Å². The Morgan fingerprint density at radius 3 is 2.66 bits per heavy atom. The number of carbonyl (C=O) groups excluding carboxylic acids is 1. The van der Waals surface area contributed by atoms with Gasteiger partial charge in [-0.25, -0.2) is 10.1 Å². The smallest absolute Gasteiger partial charge is 0.277 e. The Morgan fingerprint density at radius 2 is 1.88 bits per heavy atom. The SMILES string of the molecule is O=C(COc1ccc(Br)cc1-c1ccnn1-c1ccccc1)N/N=C/c1ccc(Cl)cc1. The van der Waals surface area contributed by atoms with E-state index in [4.69, 9.17) is 16.3 Å². The molecule has 0 bridgehead atoms. The molecular weight excluding hydrogens is 492 g/mol. The van der Waals surface area contributed by atoms with E-state index in [1.54, 1.807) is 30.5 Å². The quantitative estimate of drug-likeness (QED) is 0.265. The lowest BCUT2D eigenvalue weighted by Gasteiger charge is -2.13. The fourth-order valence-corrected chi connectivity index (χ4v) is 3.50. The molecule has 1 amide bonds. The van der Waals surface area contributed by atoms with E-state index in [2.05, 4.69) is 31.6 Å². The molecule has 0 aliphatic heterocycles. The number of halogens is 2. The maximum absolute atomic E-state index is 12.2. The van der Waals surface area contributed by atoms with Gasteiger partial charge in [0.1, 0.15) is 5.75 Å². The molecule has 0 spiro atoms. The summed E-state index contributed by atoms with van der Waals surface area (Å²) in [6, 6.07) is 24.4. The number of carbonyl (C=O) groups is 1. The van der Waals surface area contributed by atoms with Gasteiger partial charge in [0.2, 0.25) is 0 Å². The number of nitrogens with zero attached hydrogens (tertiary/aromatic N) is 3. The third kappa shape index (κ3) is 5.43. The van der Waals surface area contributed by atoms with Gasteiger partial charge in [0, 0.05) is 15.1 Å². The molecule has 0 atom stereocenters. The van der Waals surface area contributed by atoms with Crippen LogP contribution in [0, 0.1) is 0 Å². The van der Waals surface area contributed by atoms with Crippen molar-refractivity contribution in [3.63, 3.8) is 0 Å². The second-order valence-electron chi connectivity index (χ2n) is 6.74. The number of nitrogens with one attached hydrogen (secondary N) is 1. The highest BCUT2D eigenvalue weighted by Gasteiger charge is 2.14. The van der Waals surface area contributed by atoms with E-state index >= 15 is 0 Å². The summed E-state index contributed by atoms with van der Waals surface area (Å²) < 4.78 is 8.53. The molecule has 1 aromatic heterocycles. The first kappa shape index (κ1) is 21.8. The summed E-state index contributed by atoms with van der Waals surface area (Å²) in [5, 5.41) is 9.03. The summed E-state index contributed by atoms with van der Waals surface area (Å²) in [4.78, 5) is 12.2. The maximum Gasteiger partial charge on any atom is 0.277 e. The van der Waals surface area contributed by atoms with Gasteiger partial charge in [0.25, 0.3) is 5.91 Å². The average molecular weight is 510 g/mol. The molecule has 0 radical (unpaired) electrons. The van der Waals surface area contributed by atoms with E-state index in [1.807, 2.05) is 59.3 Å². The minimum absolute atomic E-state index is 0.188. The van der Waals surface area contributed by atoms with Crippen LogP contribution in [0.5, 0.6) is 5.75 Å². The third-order valence-electron chi connectivity index (χ3n) is 4.49. The van der Waals surface area contributed by atoms with Crippen molar-refractivity contribution >= 4 is 39.7 Å². The largest absolute Gasteiger partial charge is 0.483 e. The van der Waals surface area contributed by atoms with Crippen molar-refractivity contribution in [2.24, 2.45) is 5.10 Å². The van der Waals surface area contributed by atoms with Crippen molar-refractivity contribution < 1.29 is 9.53 Å². The van der Waals surface area contributed by atoms with E-state index in [0.29, 0.717) is 10.8 Å². The van der Waals surface area contributed by atoms with Gasteiger partial charge in [-0.2, -0.15) is 10.2 Å². The van der Waals surface area contributed by atoms with E-state index < -0.39 is 0 Å². The van der Waals surface area contributed by atoms with Gasteiger partial charge < -0.3 is 4.74 Å². The first-order chi connectivity index (χ1) is 15.6. The summed E-state index contributed by atoms with van der Waals surface area (Å²) in [6.45, 7) is -0.188. The number of rotatable bonds is 7. The van der Waals surface area contributed by atoms with Crippen molar-refractivity contribution in [1.29, 1.82) is 0 Å². The van der Waals surface area contributed by atoms with Crippen molar-refractivity contribution in [2.75, 3.05) is 6.61 Å². The van der Waals surface area contributed by atoms with Crippen LogP contribution in [0.15, 0.2) is 94.6 Å². The molecule has 4 aromatic rings. The van der Waals surface area contributed by atoms with E-state index in [0.717, 1.165) is 27.0 Å². The number of aromatic nitrogens is 2. The summed E-state index contributed by atoms with van der Waals surface area (Å²) in [6.07, 6.45) is 3.27. The lowest BCUT2D eigenvalue weighted by molar-refractivity contribution is -0.123. The first-order valence-electron chi connectivity index (χ1n) is 9.70. The molecule has 160 valence electrons. The van der Waals surface area contributed by atoms with Crippen molar-refractivity contribution in [1.82, 2.24) is 15.2 Å². The van der Waals surface area contributed by atoms with Gasteiger partial charge in [-0.3, -0.25) is 4.79 Å². The first-order valence-corrected chi connectivity index (χ1v) is 10.9. The average Bonchev–Trinajstić information content (AvgIpc) is 3.30. The Balaban J connectivity index is 1.47. The van der Waals surface area contributed by atoms with Crippen molar-refractivity contribution in [3.05, 3.63) is 100 Å². The molecule has 0 fully saturated rings. The Bertz CT molecular complexity index is 1240. The second-order valence-corrected chi connectivity index (χ2v) is 8.09. The van der Waals surface area contributed by atoms with Crippen LogP contribution < -0.4 is 10.2 Å². The van der Waals surface area contributed by atoms with Crippen LogP contribution in [0.25, 0.3) is 16.9 Å². The zero-order valence-electron chi connectivity index (χ0n) is 16.8. The van der Waals surface area contributed by atoms with Gasteiger partial charge in [-0.1, -0.05) is 57.9 Å².